The molecular weight excluding hydrogens is 362 g/mol. The molecule has 0 aromatic heterocycles. The molecule has 2 atom stereocenters. The summed E-state index contributed by atoms with van der Waals surface area (Å²) in [6.07, 6.45) is 17.2. The lowest BCUT2D eigenvalue weighted by molar-refractivity contribution is -0.120. The van der Waals surface area contributed by atoms with E-state index in [0.29, 0.717) is 29.4 Å². The van der Waals surface area contributed by atoms with Crippen LogP contribution in [0.2, 0.25) is 0 Å². The number of carbonyl (C=O) groups excluding carboxylic acids is 3. The van der Waals surface area contributed by atoms with Crippen molar-refractivity contribution < 1.29 is 14.4 Å². The molecule has 4 heteroatoms. The van der Waals surface area contributed by atoms with Crippen LogP contribution in [0.5, 0.6) is 0 Å². The van der Waals surface area contributed by atoms with E-state index in [0.717, 1.165) is 25.7 Å². The molecule has 1 aliphatic carbocycles. The Bertz CT molecular complexity index is 808. The third-order valence-corrected chi connectivity index (χ3v) is 5.28. The minimum atomic E-state index is -0.372. The van der Waals surface area contributed by atoms with Gasteiger partial charge in [-0.2, -0.15) is 0 Å². The van der Waals surface area contributed by atoms with Gasteiger partial charge >= 0.3 is 0 Å². The first-order valence-electron chi connectivity index (χ1n) is 10.4. The van der Waals surface area contributed by atoms with Crippen molar-refractivity contribution in [3.63, 3.8) is 0 Å². The Morgan fingerprint density at radius 1 is 1.03 bits per heavy atom. The van der Waals surface area contributed by atoms with Crippen LogP contribution in [0.4, 0.5) is 0 Å². The van der Waals surface area contributed by atoms with Gasteiger partial charge in [-0.15, -0.1) is 0 Å². The lowest BCUT2D eigenvalue weighted by atomic mass is 9.88. The van der Waals surface area contributed by atoms with Crippen LogP contribution in [0.3, 0.4) is 0 Å². The minimum absolute atomic E-state index is 0.0705. The van der Waals surface area contributed by atoms with Gasteiger partial charge in [0.05, 0.1) is 5.70 Å². The van der Waals surface area contributed by atoms with Gasteiger partial charge in [0.2, 0.25) is 5.78 Å². The highest BCUT2D eigenvalue weighted by molar-refractivity contribution is 6.21. The van der Waals surface area contributed by atoms with Crippen molar-refractivity contribution in [1.82, 2.24) is 5.32 Å². The number of carbonyl (C=O) groups is 3. The molecule has 1 radical (unpaired) electrons. The topological polar surface area (TPSA) is 63.2 Å². The zero-order valence-electron chi connectivity index (χ0n) is 18.0. The average molecular weight is 395 g/mol. The molecule has 0 saturated heterocycles. The first kappa shape index (κ1) is 22.8. The number of fused-ring (bicyclic) bond motifs is 2. The summed E-state index contributed by atoms with van der Waals surface area (Å²) in [7, 11) is 0. The fraction of sp³-hybridized carbons (Fsp3) is 0.440. The number of nitrogens with one attached hydrogen (secondary N) is 1. The van der Waals surface area contributed by atoms with Crippen LogP contribution in [0.15, 0.2) is 58.9 Å². The lowest BCUT2D eigenvalue weighted by Gasteiger charge is -2.18. The van der Waals surface area contributed by atoms with E-state index in [1.54, 1.807) is 13.0 Å². The van der Waals surface area contributed by atoms with Gasteiger partial charge in [0.15, 0.2) is 5.78 Å². The molecule has 155 valence electrons. The highest BCUT2D eigenvalue weighted by Gasteiger charge is 2.24. The summed E-state index contributed by atoms with van der Waals surface area (Å²) in [5, 5.41) is 2.61. The van der Waals surface area contributed by atoms with Crippen LogP contribution in [0.1, 0.15) is 59.8 Å². The van der Waals surface area contributed by atoms with Crippen molar-refractivity contribution in [3.8, 4) is 0 Å². The molecule has 2 aliphatic rings. The Kier molecular flexibility index (Phi) is 8.56. The Labute approximate surface area is 174 Å². The summed E-state index contributed by atoms with van der Waals surface area (Å²) in [6.45, 7) is 8.14. The Hall–Kier alpha value is -2.49. The molecule has 0 saturated carbocycles. The predicted octanol–water partition coefficient (Wildman–Crippen LogP) is 4.95. The van der Waals surface area contributed by atoms with E-state index in [9.17, 15) is 14.4 Å². The maximum Gasteiger partial charge on any atom is 0.251 e. The van der Waals surface area contributed by atoms with Crippen LogP contribution in [0.25, 0.3) is 0 Å². The predicted molar refractivity (Wildman–Crippen MR) is 117 cm³/mol. The molecule has 1 N–H and O–H groups in total. The lowest BCUT2D eigenvalue weighted by Crippen LogP contribution is -2.31. The second kappa shape index (κ2) is 10.9. The standard InChI is InChI=1S/C25H32NO3/c1-17-9-6-5-7-12-20(4)25(29)26-23-16-22(27)15-21(24(23)28)14-19(3)11-8-10-18(2)13-17/h5,7,9,12-13,15-16,18-19H,6,8,10-11,14H2,1-4H3,(H,26,29)/b7-5-,17-13-,20-12-. The Morgan fingerprint density at radius 3 is 2.55 bits per heavy atom. The maximum absolute atomic E-state index is 12.7. The summed E-state index contributed by atoms with van der Waals surface area (Å²) in [6, 6.07) is 0. The van der Waals surface area contributed by atoms with Crippen LogP contribution in [-0.2, 0) is 14.4 Å². The fourth-order valence-corrected chi connectivity index (χ4v) is 3.61. The summed E-state index contributed by atoms with van der Waals surface area (Å²) >= 11 is 0. The molecule has 0 fully saturated rings. The Morgan fingerprint density at radius 2 is 1.79 bits per heavy atom. The van der Waals surface area contributed by atoms with E-state index in [-0.39, 0.29) is 23.2 Å². The SMILES string of the molecule is C/C1=C/C(C)CCCC(C)CC2=CC(=O)C=C(NC(=O)/C(C)=C\C=C/C[CH]1)C2=O. The van der Waals surface area contributed by atoms with Gasteiger partial charge < -0.3 is 5.32 Å². The van der Waals surface area contributed by atoms with Crippen LogP contribution in [-0.4, -0.2) is 17.5 Å². The second-order valence-electron chi connectivity index (χ2n) is 8.26. The molecule has 1 amide bonds. The highest BCUT2D eigenvalue weighted by atomic mass is 16.2. The van der Waals surface area contributed by atoms with Crippen molar-refractivity contribution in [2.45, 2.75) is 59.8 Å². The quantitative estimate of drug-likeness (QED) is 0.591. The average Bonchev–Trinajstić information content (AvgIpc) is 2.64. The van der Waals surface area contributed by atoms with Crippen molar-refractivity contribution in [1.29, 1.82) is 0 Å². The summed E-state index contributed by atoms with van der Waals surface area (Å²) in [4.78, 5) is 37.2. The van der Waals surface area contributed by atoms with Gasteiger partial charge in [-0.25, -0.2) is 0 Å². The third-order valence-electron chi connectivity index (χ3n) is 5.28. The van der Waals surface area contributed by atoms with E-state index in [1.165, 1.54) is 17.7 Å². The number of allylic oxidation sites excluding steroid dienone is 8. The summed E-state index contributed by atoms with van der Waals surface area (Å²) in [5.74, 6) is -0.0834. The number of Topliss-reactive ketones (excluding diaryl/α,β-unsaturated/α-hetero) is 1. The van der Waals surface area contributed by atoms with Crippen LogP contribution < -0.4 is 5.32 Å². The fourth-order valence-electron chi connectivity index (χ4n) is 3.61. The Balaban J connectivity index is 2.21. The zero-order valence-corrected chi connectivity index (χ0v) is 18.0. The van der Waals surface area contributed by atoms with Crippen LogP contribution >= 0.6 is 0 Å². The van der Waals surface area contributed by atoms with Crippen molar-refractivity contribution in [2.24, 2.45) is 11.8 Å². The maximum atomic E-state index is 12.7. The molecule has 0 spiro atoms. The van der Waals surface area contributed by atoms with Gasteiger partial charge in [-0.3, -0.25) is 14.4 Å². The molecule has 1 aliphatic heterocycles. The van der Waals surface area contributed by atoms with Crippen LogP contribution in [0, 0.1) is 18.3 Å². The summed E-state index contributed by atoms with van der Waals surface area (Å²) in [5.41, 5.74) is 2.30. The molecule has 2 rings (SSSR count). The smallest absolute Gasteiger partial charge is 0.251 e. The van der Waals surface area contributed by atoms with Gasteiger partial charge in [0.1, 0.15) is 0 Å². The molecule has 29 heavy (non-hydrogen) atoms. The van der Waals surface area contributed by atoms with E-state index in [1.807, 2.05) is 12.2 Å². The number of hydrogen-bond donors (Lipinski definition) is 1. The molecule has 0 aromatic rings. The van der Waals surface area contributed by atoms with E-state index >= 15 is 0 Å². The van der Waals surface area contributed by atoms with Gasteiger partial charge in [0.25, 0.3) is 5.91 Å². The number of rotatable bonds is 0. The second-order valence-corrected chi connectivity index (χ2v) is 8.26. The molecule has 2 bridgehead atoms. The normalized spacial score (nSPS) is 30.3. The molecular formula is C25H32NO3. The van der Waals surface area contributed by atoms with E-state index < -0.39 is 0 Å². The molecule has 0 aromatic carbocycles. The van der Waals surface area contributed by atoms with Crippen molar-refractivity contribution in [2.75, 3.05) is 0 Å². The molecule has 1 heterocycles. The largest absolute Gasteiger partial charge is 0.319 e. The minimum Gasteiger partial charge on any atom is -0.319 e. The van der Waals surface area contributed by atoms with E-state index in [2.05, 4.69) is 38.6 Å². The third kappa shape index (κ3) is 7.45. The zero-order chi connectivity index (χ0) is 21.4. The van der Waals surface area contributed by atoms with Gasteiger partial charge in [-0.05, 0) is 57.4 Å². The van der Waals surface area contributed by atoms with E-state index in [4.69, 9.17) is 0 Å². The number of amides is 1. The first-order valence-corrected chi connectivity index (χ1v) is 10.4. The number of ketones is 2. The summed E-state index contributed by atoms with van der Waals surface area (Å²) < 4.78 is 0. The van der Waals surface area contributed by atoms with Gasteiger partial charge in [-0.1, -0.05) is 56.6 Å². The first-order chi connectivity index (χ1) is 13.8. The highest BCUT2D eigenvalue weighted by Crippen LogP contribution is 2.24. The molecule has 2 unspecified atom stereocenters. The van der Waals surface area contributed by atoms with Crippen molar-refractivity contribution in [3.05, 3.63) is 65.3 Å². The van der Waals surface area contributed by atoms with Crippen molar-refractivity contribution >= 4 is 17.5 Å². The monoisotopic (exact) mass is 394 g/mol. The van der Waals surface area contributed by atoms with Gasteiger partial charge in [0, 0.05) is 17.2 Å². The number of hydrogen-bond acceptors (Lipinski definition) is 3. The molecule has 4 nitrogen and oxygen atoms in total.